The summed E-state index contributed by atoms with van der Waals surface area (Å²) in [6, 6.07) is 16.0. The minimum Gasteiger partial charge on any atom is -0.497 e. The zero-order valence-corrected chi connectivity index (χ0v) is 28.0. The smallest absolute Gasteiger partial charge is 0.269 e. The Morgan fingerprint density at radius 3 is 2.39 bits per heavy atom. The highest BCUT2D eigenvalue weighted by molar-refractivity contribution is 8.04. The van der Waals surface area contributed by atoms with Gasteiger partial charge in [0, 0.05) is 27.5 Å². The van der Waals surface area contributed by atoms with Gasteiger partial charge < -0.3 is 9.64 Å². The monoisotopic (exact) mass is 673 g/mol. The average Bonchev–Trinajstić information content (AvgIpc) is 3.48. The van der Waals surface area contributed by atoms with Crippen molar-refractivity contribution in [3.63, 3.8) is 0 Å². The van der Waals surface area contributed by atoms with Crippen LogP contribution in [0.2, 0.25) is 0 Å². The van der Waals surface area contributed by atoms with Crippen molar-refractivity contribution in [1.82, 2.24) is 0 Å². The molecule has 0 amide bonds. The lowest BCUT2D eigenvalue weighted by Crippen LogP contribution is -2.32. The third-order valence-electron chi connectivity index (χ3n) is 7.88. The fourth-order valence-electron chi connectivity index (χ4n) is 5.35. The summed E-state index contributed by atoms with van der Waals surface area (Å²) in [5.41, 5.74) is 4.68. The van der Waals surface area contributed by atoms with E-state index in [1.807, 2.05) is 90.7 Å². The number of thioether (sulfide) groups is 2. The Labute approximate surface area is 268 Å². The van der Waals surface area contributed by atoms with Gasteiger partial charge in [-0.3, -0.25) is 9.11 Å². The first-order valence-corrected chi connectivity index (χ1v) is 18.8. The molecule has 3 aliphatic rings. The molecule has 0 saturated carbocycles. The molecular weight excluding hydrogens is 639 g/mol. The molecule has 0 fully saturated rings. The third-order valence-corrected chi connectivity index (χ3v) is 12.7. The first-order chi connectivity index (χ1) is 20.7. The maximum atomic E-state index is 12.0. The van der Waals surface area contributed by atoms with Gasteiger partial charge in [-0.05, 0) is 85.9 Å². The molecule has 2 heterocycles. The van der Waals surface area contributed by atoms with E-state index < -0.39 is 30.7 Å². The number of hydrogen-bond acceptors (Lipinski definition) is 8. The quantitative estimate of drug-likeness (QED) is 0.253. The number of ether oxygens (including phenoxy) is 1. The van der Waals surface area contributed by atoms with Crippen molar-refractivity contribution < 1.29 is 30.7 Å². The second kappa shape index (κ2) is 12.9. The largest absolute Gasteiger partial charge is 0.497 e. The summed E-state index contributed by atoms with van der Waals surface area (Å²) >= 11 is 3.16. The summed E-state index contributed by atoms with van der Waals surface area (Å²) in [5.74, 6) is 0.621. The molecule has 8 nitrogen and oxygen atoms in total. The van der Waals surface area contributed by atoms with E-state index in [4.69, 9.17) is 4.74 Å². The molecule has 0 aromatic heterocycles. The highest BCUT2D eigenvalue weighted by Gasteiger charge is 2.36. The normalized spacial score (nSPS) is 22.6. The van der Waals surface area contributed by atoms with Gasteiger partial charge in [-0.1, -0.05) is 54.2 Å². The molecule has 1 aliphatic carbocycles. The molecule has 12 heteroatoms. The van der Waals surface area contributed by atoms with E-state index in [1.165, 1.54) is 25.6 Å². The predicted octanol–water partition coefficient (Wildman–Crippen LogP) is 7.08. The average molecular weight is 674 g/mol. The van der Waals surface area contributed by atoms with Gasteiger partial charge in [0.05, 0.1) is 23.1 Å². The van der Waals surface area contributed by atoms with Crippen LogP contribution in [-0.2, 0) is 25.0 Å². The van der Waals surface area contributed by atoms with Crippen LogP contribution in [0.3, 0.4) is 0 Å². The minimum atomic E-state index is -4.27. The third kappa shape index (κ3) is 7.21. The van der Waals surface area contributed by atoms with Gasteiger partial charge in [-0.2, -0.15) is 16.8 Å². The molecule has 0 saturated heterocycles. The van der Waals surface area contributed by atoms with Gasteiger partial charge in [0.2, 0.25) is 0 Å². The number of nitrogens with zero attached hydrogens (tertiary/aromatic N) is 1. The number of hydrogen-bond donors (Lipinski definition) is 2. The van der Waals surface area contributed by atoms with Crippen LogP contribution in [0.4, 0.5) is 5.69 Å². The minimum absolute atomic E-state index is 0.0598. The van der Waals surface area contributed by atoms with Crippen LogP contribution in [0.1, 0.15) is 27.2 Å². The fraction of sp³-hybridized carbons (Fsp3) is 0.312. The molecule has 44 heavy (non-hydrogen) atoms. The summed E-state index contributed by atoms with van der Waals surface area (Å²) in [5, 5.41) is -1.12. The van der Waals surface area contributed by atoms with Crippen molar-refractivity contribution >= 4 is 49.4 Å². The lowest BCUT2D eigenvalue weighted by molar-refractivity contribution is 0.301. The van der Waals surface area contributed by atoms with Crippen LogP contribution in [0, 0.1) is 5.92 Å². The summed E-state index contributed by atoms with van der Waals surface area (Å²) in [6.45, 7) is 4.99. The van der Waals surface area contributed by atoms with Crippen molar-refractivity contribution in [2.75, 3.05) is 18.6 Å². The maximum absolute atomic E-state index is 12.0. The second-order valence-electron chi connectivity index (χ2n) is 11.1. The number of fused-ring (bicyclic) bond motifs is 2. The Kier molecular flexibility index (Phi) is 9.60. The highest BCUT2D eigenvalue weighted by Crippen LogP contribution is 2.50. The van der Waals surface area contributed by atoms with Crippen LogP contribution in [0.15, 0.2) is 111 Å². The predicted molar refractivity (Wildman–Crippen MR) is 180 cm³/mol. The Hall–Kier alpha value is -2.74. The topological polar surface area (TPSA) is 121 Å². The second-order valence-corrected chi connectivity index (χ2v) is 17.1. The summed E-state index contributed by atoms with van der Waals surface area (Å²) < 4.78 is 73.0. The van der Waals surface area contributed by atoms with Crippen molar-refractivity contribution in [2.45, 2.75) is 47.8 Å². The van der Waals surface area contributed by atoms with Gasteiger partial charge >= 0.3 is 0 Å². The van der Waals surface area contributed by atoms with E-state index in [9.17, 15) is 25.9 Å². The zero-order chi connectivity index (χ0) is 31.8. The SMILES string of the molecule is COC1=CC2C(CC(C)S(=O)(=O)O)=C(/C=C(C)/C=C3\Sc4ccc(-c5ccccc5)cc4N3CC(C)S(=O)(=O)O)SC2C=C1. The molecule has 2 aromatic rings. The van der Waals surface area contributed by atoms with E-state index in [2.05, 4.69) is 0 Å². The summed E-state index contributed by atoms with van der Waals surface area (Å²) in [4.78, 5) is 3.82. The zero-order valence-electron chi connectivity index (χ0n) is 24.7. The Balaban J connectivity index is 1.53. The molecule has 0 bridgehead atoms. The number of methoxy groups -OCH3 is 1. The molecule has 4 atom stereocenters. The van der Waals surface area contributed by atoms with Crippen molar-refractivity contribution in [1.29, 1.82) is 0 Å². The Morgan fingerprint density at radius 2 is 1.73 bits per heavy atom. The molecule has 234 valence electrons. The Bertz CT molecular complexity index is 1810. The lowest BCUT2D eigenvalue weighted by atomic mass is 9.88. The molecule has 2 N–H and O–H groups in total. The molecule has 4 unspecified atom stereocenters. The number of anilines is 1. The van der Waals surface area contributed by atoms with Gasteiger partial charge in [-0.25, -0.2) is 0 Å². The van der Waals surface area contributed by atoms with Crippen LogP contribution >= 0.6 is 23.5 Å². The Morgan fingerprint density at radius 1 is 1.02 bits per heavy atom. The lowest BCUT2D eigenvalue weighted by Gasteiger charge is -2.23. The standard InChI is InChI=1S/C32H35NO7S4/c1-20(14-31-26(16-21(2)43(34,35)36)27-18-25(40-4)11-13-29(27)41-31)15-32-33(19-22(3)44(37,38)39)28-17-24(10-12-30(28)42-32)23-8-6-5-7-9-23/h5-15,17-18,21-22,27,29H,16,19H2,1-4H3,(H,34,35,36)(H,37,38,39)/b20-14+,32-15-. The number of allylic oxidation sites excluding steroid dienone is 6. The first-order valence-electron chi connectivity index (χ1n) is 14.1. The summed E-state index contributed by atoms with van der Waals surface area (Å²) in [7, 11) is -6.91. The van der Waals surface area contributed by atoms with Crippen LogP contribution < -0.4 is 4.90 Å². The van der Waals surface area contributed by atoms with Gasteiger partial charge in [-0.15, -0.1) is 11.8 Å². The van der Waals surface area contributed by atoms with E-state index in [1.54, 1.807) is 18.9 Å². The van der Waals surface area contributed by atoms with Gasteiger partial charge in [0.1, 0.15) is 11.0 Å². The summed E-state index contributed by atoms with van der Waals surface area (Å²) in [6.07, 6.45) is 10.1. The molecule has 2 aliphatic heterocycles. The van der Waals surface area contributed by atoms with Crippen molar-refractivity contribution in [3.8, 4) is 11.1 Å². The first kappa shape index (κ1) is 32.6. The molecule has 5 rings (SSSR count). The highest BCUT2D eigenvalue weighted by atomic mass is 32.2. The van der Waals surface area contributed by atoms with Crippen LogP contribution in [0.5, 0.6) is 0 Å². The van der Waals surface area contributed by atoms with Crippen LogP contribution in [0.25, 0.3) is 11.1 Å². The number of rotatable bonds is 10. The maximum Gasteiger partial charge on any atom is 0.269 e. The van der Waals surface area contributed by atoms with Crippen LogP contribution in [-0.4, -0.2) is 55.3 Å². The van der Waals surface area contributed by atoms with E-state index in [0.717, 1.165) is 42.8 Å². The van der Waals surface area contributed by atoms with E-state index in [0.29, 0.717) is 5.76 Å². The van der Waals surface area contributed by atoms with Crippen molar-refractivity contribution in [2.24, 2.45) is 5.92 Å². The molecule has 0 spiro atoms. The fourth-order valence-corrected chi connectivity index (χ4v) is 8.71. The number of benzene rings is 2. The molecule has 2 aromatic carbocycles. The molecule has 0 radical (unpaired) electrons. The van der Waals surface area contributed by atoms with E-state index >= 15 is 0 Å². The molecular formula is C32H35NO7S4. The van der Waals surface area contributed by atoms with E-state index in [-0.39, 0.29) is 24.1 Å². The van der Waals surface area contributed by atoms with Gasteiger partial charge in [0.25, 0.3) is 20.2 Å². The van der Waals surface area contributed by atoms with Crippen molar-refractivity contribution in [3.05, 3.63) is 106 Å². The van der Waals surface area contributed by atoms with Gasteiger partial charge in [0.15, 0.2) is 0 Å².